The van der Waals surface area contributed by atoms with E-state index in [1.54, 1.807) is 0 Å². The quantitative estimate of drug-likeness (QED) is 0.132. The molecule has 208 valence electrons. The summed E-state index contributed by atoms with van der Waals surface area (Å²) < 4.78 is 12.0. The number of hydrogen-bond acceptors (Lipinski definition) is 4. The predicted molar refractivity (Wildman–Crippen MR) is 163 cm³/mol. The van der Waals surface area contributed by atoms with Crippen molar-refractivity contribution in [1.29, 1.82) is 0 Å². The number of nitrogens with zero attached hydrogens (tertiary/aromatic N) is 2. The molecule has 3 aromatic rings. The van der Waals surface area contributed by atoms with Crippen molar-refractivity contribution in [2.75, 3.05) is 38.1 Å². The Bertz CT molecular complexity index is 1100. The first-order valence-corrected chi connectivity index (χ1v) is 14.8. The smallest absolute Gasteiger partial charge is 0.132 e. The number of aliphatic imine (C=N–C) groups is 1. The molecule has 39 heavy (non-hydrogen) atoms. The highest BCUT2D eigenvalue weighted by molar-refractivity contribution is 6.08. The van der Waals surface area contributed by atoms with Crippen LogP contribution in [-0.4, -0.2) is 43.5 Å². The van der Waals surface area contributed by atoms with Crippen LogP contribution in [0.15, 0.2) is 83.9 Å². The van der Waals surface area contributed by atoms with Gasteiger partial charge < -0.3 is 19.7 Å². The first-order chi connectivity index (χ1) is 19.2. The van der Waals surface area contributed by atoms with Gasteiger partial charge in [0.25, 0.3) is 0 Å². The van der Waals surface area contributed by atoms with E-state index >= 15 is 0 Å². The van der Waals surface area contributed by atoms with E-state index in [1.807, 2.05) is 42.5 Å². The third kappa shape index (κ3) is 9.74. The highest BCUT2D eigenvalue weighted by Crippen LogP contribution is 2.25. The molecule has 1 aliphatic rings. The number of amidine groups is 1. The summed E-state index contributed by atoms with van der Waals surface area (Å²) in [7, 11) is 0. The third-order valence-electron chi connectivity index (χ3n) is 7.51. The normalized spacial score (nSPS) is 14.4. The molecule has 5 nitrogen and oxygen atoms in total. The molecule has 0 atom stereocenters. The number of benzene rings is 3. The van der Waals surface area contributed by atoms with Gasteiger partial charge in [0.05, 0.1) is 6.61 Å². The third-order valence-corrected chi connectivity index (χ3v) is 7.51. The average molecular weight is 528 g/mol. The van der Waals surface area contributed by atoms with Crippen LogP contribution < -0.4 is 14.8 Å². The Kier molecular flexibility index (Phi) is 11.7. The molecule has 1 fully saturated rings. The molecule has 1 saturated carbocycles. The zero-order valence-electron chi connectivity index (χ0n) is 23.8. The van der Waals surface area contributed by atoms with Gasteiger partial charge in [-0.15, -0.1) is 0 Å². The summed E-state index contributed by atoms with van der Waals surface area (Å²) in [5.41, 5.74) is 3.24. The molecule has 0 aliphatic heterocycles. The molecule has 1 aliphatic carbocycles. The highest BCUT2D eigenvalue weighted by atomic mass is 16.5. The van der Waals surface area contributed by atoms with Crippen molar-refractivity contribution in [3.8, 4) is 11.5 Å². The maximum Gasteiger partial charge on any atom is 0.132 e. The summed E-state index contributed by atoms with van der Waals surface area (Å²) >= 11 is 0. The first-order valence-electron chi connectivity index (χ1n) is 14.8. The fraction of sp³-hybridized carbons (Fsp3) is 0.441. The second kappa shape index (κ2) is 15.9. The Morgan fingerprint density at radius 1 is 0.821 bits per heavy atom. The van der Waals surface area contributed by atoms with Gasteiger partial charge in [-0.05, 0) is 92.4 Å². The van der Waals surface area contributed by atoms with Crippen molar-refractivity contribution < 1.29 is 9.47 Å². The van der Waals surface area contributed by atoms with Crippen molar-refractivity contribution in [2.45, 2.75) is 59.0 Å². The fourth-order valence-electron chi connectivity index (χ4n) is 5.03. The summed E-state index contributed by atoms with van der Waals surface area (Å²) in [5, 5.41) is 3.58. The van der Waals surface area contributed by atoms with Gasteiger partial charge in [-0.25, -0.2) is 0 Å². The minimum Gasteiger partial charge on any atom is -0.494 e. The molecule has 0 saturated heterocycles. The predicted octanol–water partition coefficient (Wildman–Crippen LogP) is 7.82. The van der Waals surface area contributed by atoms with Crippen LogP contribution in [0.5, 0.6) is 11.5 Å². The maximum atomic E-state index is 6.00. The molecule has 0 heterocycles. The second-order valence-electron chi connectivity index (χ2n) is 10.4. The van der Waals surface area contributed by atoms with Gasteiger partial charge in [0.1, 0.15) is 23.9 Å². The number of rotatable bonds is 14. The van der Waals surface area contributed by atoms with Gasteiger partial charge in [0.2, 0.25) is 0 Å². The van der Waals surface area contributed by atoms with E-state index in [4.69, 9.17) is 14.5 Å². The molecule has 5 heteroatoms. The lowest BCUT2D eigenvalue weighted by molar-refractivity contribution is 0.249. The van der Waals surface area contributed by atoms with E-state index < -0.39 is 0 Å². The average Bonchev–Trinajstić information content (AvgIpc) is 3.00. The van der Waals surface area contributed by atoms with Gasteiger partial charge in [-0.2, -0.15) is 0 Å². The number of hydrogen-bond donors (Lipinski definition) is 1. The second-order valence-corrected chi connectivity index (χ2v) is 10.4. The van der Waals surface area contributed by atoms with Gasteiger partial charge in [-0.1, -0.05) is 63.4 Å². The van der Waals surface area contributed by atoms with Crippen LogP contribution in [0, 0.1) is 5.92 Å². The molecule has 0 unspecified atom stereocenters. The first kappa shape index (κ1) is 28.7. The van der Waals surface area contributed by atoms with Crippen molar-refractivity contribution in [2.24, 2.45) is 10.9 Å². The van der Waals surface area contributed by atoms with Crippen LogP contribution in [0.4, 0.5) is 5.69 Å². The van der Waals surface area contributed by atoms with Crippen molar-refractivity contribution >= 4 is 11.5 Å². The summed E-state index contributed by atoms with van der Waals surface area (Å²) in [6.45, 7) is 9.82. The zero-order valence-corrected chi connectivity index (χ0v) is 23.8. The van der Waals surface area contributed by atoms with Gasteiger partial charge in [-0.3, -0.25) is 4.99 Å². The SMILES string of the molecule is CCN(CC)CCCOc1ccc(NC(=NCC2CCCCC2)c2ccc(OCc3ccccc3)cc2)cc1. The molecule has 4 rings (SSSR count). The van der Waals surface area contributed by atoms with Crippen molar-refractivity contribution in [1.82, 2.24) is 4.90 Å². The van der Waals surface area contributed by atoms with Crippen LogP contribution in [-0.2, 0) is 6.61 Å². The van der Waals surface area contributed by atoms with E-state index in [0.717, 1.165) is 73.4 Å². The molecule has 0 spiro atoms. The van der Waals surface area contributed by atoms with Crippen LogP contribution >= 0.6 is 0 Å². The topological polar surface area (TPSA) is 46.1 Å². The maximum absolute atomic E-state index is 6.00. The minimum atomic E-state index is 0.560. The Morgan fingerprint density at radius 3 is 2.18 bits per heavy atom. The number of anilines is 1. The standard InChI is InChI=1S/C34H45N3O2/c1-3-37(4-2)24-11-25-38-32-22-18-31(19-23-32)36-34(35-26-28-12-7-5-8-13-28)30-16-20-33(21-17-30)39-27-29-14-9-6-10-15-29/h6,9-10,14-23,28H,3-5,7-8,11-13,24-27H2,1-2H3,(H,35,36). The number of ether oxygens (including phenoxy) is 2. The lowest BCUT2D eigenvalue weighted by atomic mass is 9.89. The van der Waals surface area contributed by atoms with Crippen molar-refractivity contribution in [3.05, 3.63) is 90.0 Å². The molecule has 0 radical (unpaired) electrons. The van der Waals surface area contributed by atoms with Crippen LogP contribution in [0.3, 0.4) is 0 Å². The van der Waals surface area contributed by atoms with Gasteiger partial charge >= 0.3 is 0 Å². The van der Waals surface area contributed by atoms with Gasteiger partial charge in [0.15, 0.2) is 0 Å². The van der Waals surface area contributed by atoms with Crippen LogP contribution in [0.25, 0.3) is 0 Å². The Balaban J connectivity index is 1.37. The Hall–Kier alpha value is -3.31. The summed E-state index contributed by atoms with van der Waals surface area (Å²) in [5.74, 6) is 3.34. The molecule has 1 N–H and O–H groups in total. The zero-order chi connectivity index (χ0) is 27.1. The monoisotopic (exact) mass is 527 g/mol. The van der Waals surface area contributed by atoms with E-state index in [-0.39, 0.29) is 0 Å². The molecule has 0 bridgehead atoms. The molecule has 0 aromatic heterocycles. The van der Waals surface area contributed by atoms with E-state index in [1.165, 1.54) is 32.1 Å². The largest absolute Gasteiger partial charge is 0.494 e. The molecular weight excluding hydrogens is 482 g/mol. The summed E-state index contributed by atoms with van der Waals surface area (Å²) in [4.78, 5) is 7.50. The highest BCUT2D eigenvalue weighted by Gasteiger charge is 2.14. The lowest BCUT2D eigenvalue weighted by Gasteiger charge is -2.20. The lowest BCUT2D eigenvalue weighted by Crippen LogP contribution is -2.25. The van der Waals surface area contributed by atoms with E-state index in [2.05, 4.69) is 60.5 Å². The van der Waals surface area contributed by atoms with Gasteiger partial charge in [0, 0.05) is 24.3 Å². The molecular formula is C34H45N3O2. The van der Waals surface area contributed by atoms with Crippen LogP contribution in [0.1, 0.15) is 63.5 Å². The van der Waals surface area contributed by atoms with E-state index in [9.17, 15) is 0 Å². The number of nitrogens with one attached hydrogen (secondary N) is 1. The summed E-state index contributed by atoms with van der Waals surface area (Å²) in [6.07, 6.45) is 7.61. The molecule has 0 amide bonds. The fourth-order valence-corrected chi connectivity index (χ4v) is 5.03. The summed E-state index contributed by atoms with van der Waals surface area (Å²) in [6, 6.07) is 26.8. The van der Waals surface area contributed by atoms with E-state index in [0.29, 0.717) is 12.5 Å². The molecule has 3 aromatic carbocycles. The Morgan fingerprint density at radius 2 is 1.49 bits per heavy atom. The van der Waals surface area contributed by atoms with Crippen molar-refractivity contribution in [3.63, 3.8) is 0 Å². The Labute approximate surface area is 235 Å². The minimum absolute atomic E-state index is 0.560. The van der Waals surface area contributed by atoms with Crippen LogP contribution in [0.2, 0.25) is 0 Å².